The monoisotopic (exact) mass is 250 g/mol. The van der Waals surface area contributed by atoms with Crippen molar-refractivity contribution in [3.63, 3.8) is 0 Å². The topological polar surface area (TPSA) is 49.7 Å². The Morgan fingerprint density at radius 3 is 2.67 bits per heavy atom. The summed E-state index contributed by atoms with van der Waals surface area (Å²) in [7, 11) is 0. The third kappa shape index (κ3) is 3.55. The minimum Gasteiger partial charge on any atom is -0.396 e. The molecule has 2 N–H and O–H groups in total. The molecule has 0 spiro atoms. The molecular weight excluding hydrogens is 228 g/mol. The van der Waals surface area contributed by atoms with E-state index in [0.29, 0.717) is 13.2 Å². The normalized spacial score (nSPS) is 27.6. The minimum absolute atomic E-state index is 0.181. The van der Waals surface area contributed by atoms with E-state index in [0.717, 1.165) is 19.3 Å². The maximum Gasteiger partial charge on any atom is 0.0716 e. The van der Waals surface area contributed by atoms with Gasteiger partial charge >= 0.3 is 0 Å². The van der Waals surface area contributed by atoms with Crippen LogP contribution in [0.2, 0.25) is 0 Å². The van der Waals surface area contributed by atoms with E-state index >= 15 is 0 Å². The smallest absolute Gasteiger partial charge is 0.0716 e. The lowest BCUT2D eigenvalue weighted by atomic mass is 9.92. The van der Waals surface area contributed by atoms with Crippen molar-refractivity contribution in [2.24, 2.45) is 11.8 Å². The van der Waals surface area contributed by atoms with Crippen molar-refractivity contribution < 1.29 is 14.9 Å². The predicted octanol–water partition coefficient (Wildman–Crippen LogP) is 1.97. The Morgan fingerprint density at radius 1 is 1.17 bits per heavy atom. The SMILES string of the molecule is OCC1CC[C@@H](O)[C@H]1CCOCc1ccccc1. The van der Waals surface area contributed by atoms with Crippen molar-refractivity contribution in [1.29, 1.82) is 0 Å². The van der Waals surface area contributed by atoms with Crippen LogP contribution < -0.4 is 0 Å². The number of hydrogen-bond acceptors (Lipinski definition) is 3. The highest BCUT2D eigenvalue weighted by molar-refractivity contribution is 5.13. The Hall–Kier alpha value is -0.900. The van der Waals surface area contributed by atoms with Crippen LogP contribution in [0.4, 0.5) is 0 Å². The average Bonchev–Trinajstić information content (AvgIpc) is 2.77. The first kappa shape index (κ1) is 13.5. The van der Waals surface area contributed by atoms with Gasteiger partial charge in [0.25, 0.3) is 0 Å². The summed E-state index contributed by atoms with van der Waals surface area (Å²) in [6, 6.07) is 10.1. The Balaban J connectivity index is 1.69. The van der Waals surface area contributed by atoms with E-state index in [4.69, 9.17) is 4.74 Å². The molecule has 3 nitrogen and oxygen atoms in total. The molecule has 1 saturated carbocycles. The van der Waals surface area contributed by atoms with E-state index in [1.165, 1.54) is 5.56 Å². The van der Waals surface area contributed by atoms with Crippen molar-refractivity contribution >= 4 is 0 Å². The molecule has 0 saturated heterocycles. The summed E-state index contributed by atoms with van der Waals surface area (Å²) in [4.78, 5) is 0. The van der Waals surface area contributed by atoms with Crippen LogP contribution in [0, 0.1) is 11.8 Å². The fraction of sp³-hybridized carbons (Fsp3) is 0.600. The summed E-state index contributed by atoms with van der Waals surface area (Å²) in [6.45, 7) is 1.45. The molecule has 3 atom stereocenters. The summed E-state index contributed by atoms with van der Waals surface area (Å²) >= 11 is 0. The summed E-state index contributed by atoms with van der Waals surface area (Å²) in [5, 5.41) is 19.1. The van der Waals surface area contributed by atoms with Gasteiger partial charge in [0.1, 0.15) is 0 Å². The molecule has 1 aromatic rings. The highest BCUT2D eigenvalue weighted by Crippen LogP contribution is 2.34. The van der Waals surface area contributed by atoms with Crippen molar-refractivity contribution in [3.05, 3.63) is 35.9 Å². The Kier molecular flexibility index (Phi) is 5.17. The van der Waals surface area contributed by atoms with Gasteiger partial charge in [-0.05, 0) is 36.7 Å². The lowest BCUT2D eigenvalue weighted by molar-refractivity contribution is 0.0517. The van der Waals surface area contributed by atoms with Gasteiger partial charge in [0, 0.05) is 13.2 Å². The molecule has 0 aliphatic heterocycles. The first-order valence-corrected chi connectivity index (χ1v) is 6.72. The standard InChI is InChI=1S/C15H22O3/c16-10-13-6-7-15(17)14(13)8-9-18-11-12-4-2-1-3-5-12/h1-5,13-17H,6-11H2/t13?,14-,15+/m0/s1. The highest BCUT2D eigenvalue weighted by Gasteiger charge is 2.33. The molecule has 3 heteroatoms. The molecule has 1 aliphatic carbocycles. The number of hydrogen-bond donors (Lipinski definition) is 2. The van der Waals surface area contributed by atoms with Gasteiger partial charge in [-0.3, -0.25) is 0 Å². The number of ether oxygens (including phenoxy) is 1. The summed E-state index contributed by atoms with van der Waals surface area (Å²) in [6.07, 6.45) is 2.32. The van der Waals surface area contributed by atoms with Gasteiger partial charge < -0.3 is 14.9 Å². The van der Waals surface area contributed by atoms with Gasteiger partial charge in [-0.25, -0.2) is 0 Å². The van der Waals surface area contributed by atoms with Crippen LogP contribution in [0.1, 0.15) is 24.8 Å². The molecule has 0 aromatic heterocycles. The highest BCUT2D eigenvalue weighted by atomic mass is 16.5. The third-order valence-corrected chi connectivity index (χ3v) is 3.87. The van der Waals surface area contributed by atoms with Gasteiger partial charge in [0.2, 0.25) is 0 Å². The van der Waals surface area contributed by atoms with Crippen LogP contribution >= 0.6 is 0 Å². The first-order chi connectivity index (χ1) is 8.81. The molecule has 2 rings (SSSR count). The van der Waals surface area contributed by atoms with Gasteiger partial charge in [-0.2, -0.15) is 0 Å². The lowest BCUT2D eigenvalue weighted by Crippen LogP contribution is -2.23. The number of benzene rings is 1. The fourth-order valence-corrected chi connectivity index (χ4v) is 2.77. The second-order valence-electron chi connectivity index (χ2n) is 5.08. The lowest BCUT2D eigenvalue weighted by Gasteiger charge is -2.20. The molecule has 1 fully saturated rings. The molecule has 0 heterocycles. The van der Waals surface area contributed by atoms with Crippen molar-refractivity contribution in [1.82, 2.24) is 0 Å². The predicted molar refractivity (Wildman–Crippen MR) is 70.0 cm³/mol. The van der Waals surface area contributed by atoms with Crippen LogP contribution in [0.15, 0.2) is 30.3 Å². The molecule has 1 aliphatic rings. The van der Waals surface area contributed by atoms with Gasteiger partial charge in [0.15, 0.2) is 0 Å². The molecule has 0 bridgehead atoms. The van der Waals surface area contributed by atoms with E-state index in [-0.39, 0.29) is 24.5 Å². The van der Waals surface area contributed by atoms with Crippen molar-refractivity contribution in [2.45, 2.75) is 32.0 Å². The van der Waals surface area contributed by atoms with Gasteiger partial charge in [-0.15, -0.1) is 0 Å². The van der Waals surface area contributed by atoms with Gasteiger partial charge in [0.05, 0.1) is 12.7 Å². The third-order valence-electron chi connectivity index (χ3n) is 3.87. The van der Waals surface area contributed by atoms with Crippen LogP contribution in [-0.2, 0) is 11.3 Å². The zero-order valence-corrected chi connectivity index (χ0v) is 10.7. The van der Waals surface area contributed by atoms with E-state index < -0.39 is 0 Å². The maximum absolute atomic E-state index is 9.84. The number of aliphatic hydroxyl groups is 2. The minimum atomic E-state index is -0.262. The second-order valence-corrected chi connectivity index (χ2v) is 5.08. The fourth-order valence-electron chi connectivity index (χ4n) is 2.77. The van der Waals surface area contributed by atoms with E-state index in [9.17, 15) is 10.2 Å². The Bertz CT molecular complexity index is 339. The maximum atomic E-state index is 9.84. The molecule has 0 radical (unpaired) electrons. The summed E-state index contributed by atoms with van der Waals surface area (Å²) in [5.41, 5.74) is 1.17. The van der Waals surface area contributed by atoms with Gasteiger partial charge in [-0.1, -0.05) is 30.3 Å². The molecule has 0 amide bonds. The summed E-state index contributed by atoms with van der Waals surface area (Å²) < 4.78 is 5.63. The number of aliphatic hydroxyl groups excluding tert-OH is 2. The second kappa shape index (κ2) is 6.88. The van der Waals surface area contributed by atoms with Crippen molar-refractivity contribution in [3.8, 4) is 0 Å². The zero-order chi connectivity index (χ0) is 12.8. The van der Waals surface area contributed by atoms with E-state index in [2.05, 4.69) is 0 Å². The van der Waals surface area contributed by atoms with Crippen LogP contribution in [-0.4, -0.2) is 29.5 Å². The number of rotatable bonds is 6. The first-order valence-electron chi connectivity index (χ1n) is 6.72. The quantitative estimate of drug-likeness (QED) is 0.759. The zero-order valence-electron chi connectivity index (χ0n) is 10.7. The van der Waals surface area contributed by atoms with Crippen LogP contribution in [0.25, 0.3) is 0 Å². The van der Waals surface area contributed by atoms with Crippen LogP contribution in [0.3, 0.4) is 0 Å². The molecule has 18 heavy (non-hydrogen) atoms. The average molecular weight is 250 g/mol. The molecular formula is C15H22O3. The largest absolute Gasteiger partial charge is 0.396 e. The summed E-state index contributed by atoms with van der Waals surface area (Å²) in [5.74, 6) is 0.450. The van der Waals surface area contributed by atoms with Crippen molar-refractivity contribution in [2.75, 3.05) is 13.2 Å². The van der Waals surface area contributed by atoms with E-state index in [1.54, 1.807) is 0 Å². The molecule has 100 valence electrons. The molecule has 1 unspecified atom stereocenters. The van der Waals surface area contributed by atoms with Crippen LogP contribution in [0.5, 0.6) is 0 Å². The van der Waals surface area contributed by atoms with E-state index in [1.807, 2.05) is 30.3 Å². The Morgan fingerprint density at radius 2 is 1.94 bits per heavy atom. The Labute approximate surface area is 108 Å². The molecule has 1 aromatic carbocycles.